The molecule has 2 N–H and O–H groups in total. The molecule has 0 atom stereocenters. The Kier molecular flexibility index (Phi) is 3.30. The maximum absolute atomic E-state index is 11.9. The number of pyridine rings is 1. The average Bonchev–Trinajstić information content (AvgIpc) is 2.29. The molecular weight excluding hydrogens is 280 g/mol. The first-order chi connectivity index (χ1) is 8.47. The van der Waals surface area contributed by atoms with Gasteiger partial charge in [-0.1, -0.05) is 11.6 Å². The van der Waals surface area contributed by atoms with E-state index < -0.39 is 10.0 Å². The van der Waals surface area contributed by atoms with E-state index in [-0.39, 0.29) is 21.4 Å². The number of sulfonamides is 1. The van der Waals surface area contributed by atoms with E-state index >= 15 is 0 Å². The van der Waals surface area contributed by atoms with Crippen LogP contribution in [0.2, 0.25) is 5.15 Å². The van der Waals surface area contributed by atoms with Gasteiger partial charge >= 0.3 is 0 Å². The molecule has 0 saturated carbocycles. The topological polar surface area (TPSA) is 105 Å². The SMILES string of the molecule is O=c1ccc(S(=O)(=O)Nc2cc(Cl)ncn2)c[nH]1. The largest absolute Gasteiger partial charge is 0.328 e. The standard InChI is InChI=1S/C9H7ClN4O3S/c10-7-3-8(13-5-12-7)14-18(16,17)6-1-2-9(15)11-4-6/h1-5H,(H,11,15)(H,12,13,14). The van der Waals surface area contributed by atoms with Crippen LogP contribution in [0, 0.1) is 0 Å². The maximum atomic E-state index is 11.9. The lowest BCUT2D eigenvalue weighted by molar-refractivity contribution is 0.600. The van der Waals surface area contributed by atoms with Crippen molar-refractivity contribution in [1.82, 2.24) is 15.0 Å². The molecule has 0 radical (unpaired) electrons. The molecule has 0 aliphatic heterocycles. The Hall–Kier alpha value is -1.93. The highest BCUT2D eigenvalue weighted by Crippen LogP contribution is 2.14. The molecule has 0 aliphatic carbocycles. The van der Waals surface area contributed by atoms with Crippen LogP contribution in [0.5, 0.6) is 0 Å². The first-order valence-electron chi connectivity index (χ1n) is 4.66. The minimum absolute atomic E-state index is 0.0428. The van der Waals surface area contributed by atoms with E-state index in [4.69, 9.17) is 11.6 Å². The Morgan fingerprint density at radius 2 is 2.06 bits per heavy atom. The summed E-state index contributed by atoms with van der Waals surface area (Å²) in [5.74, 6) is 0.0428. The van der Waals surface area contributed by atoms with Crippen LogP contribution in [-0.2, 0) is 10.0 Å². The third kappa shape index (κ3) is 2.84. The highest BCUT2D eigenvalue weighted by atomic mass is 35.5. The second-order valence-electron chi connectivity index (χ2n) is 3.22. The van der Waals surface area contributed by atoms with Crippen LogP contribution in [-0.4, -0.2) is 23.4 Å². The molecule has 0 bridgehead atoms. The highest BCUT2D eigenvalue weighted by Gasteiger charge is 2.15. The minimum atomic E-state index is -3.82. The van der Waals surface area contributed by atoms with Gasteiger partial charge in [-0.2, -0.15) is 0 Å². The van der Waals surface area contributed by atoms with Crippen molar-refractivity contribution in [1.29, 1.82) is 0 Å². The van der Waals surface area contributed by atoms with Gasteiger partial charge in [0, 0.05) is 18.3 Å². The third-order valence-electron chi connectivity index (χ3n) is 1.94. The number of aromatic nitrogens is 3. The molecule has 2 rings (SSSR count). The van der Waals surface area contributed by atoms with Gasteiger partial charge in [0.15, 0.2) is 0 Å². The van der Waals surface area contributed by atoms with Crippen molar-refractivity contribution in [2.45, 2.75) is 4.90 Å². The fourth-order valence-corrected chi connectivity index (χ4v) is 2.26. The quantitative estimate of drug-likeness (QED) is 0.805. The molecule has 2 aromatic heterocycles. The summed E-state index contributed by atoms with van der Waals surface area (Å²) < 4.78 is 26.0. The molecule has 0 fully saturated rings. The molecule has 0 saturated heterocycles. The number of hydrogen-bond acceptors (Lipinski definition) is 5. The number of anilines is 1. The third-order valence-corrected chi connectivity index (χ3v) is 3.50. The Labute approximate surface area is 107 Å². The van der Waals surface area contributed by atoms with Gasteiger partial charge in [-0.3, -0.25) is 9.52 Å². The predicted molar refractivity (Wildman–Crippen MR) is 64.9 cm³/mol. The summed E-state index contributed by atoms with van der Waals surface area (Å²) in [6.45, 7) is 0. The smallest absolute Gasteiger partial charge is 0.264 e. The molecule has 2 heterocycles. The molecule has 0 amide bonds. The molecule has 7 nitrogen and oxygen atoms in total. The predicted octanol–water partition coefficient (Wildman–Crippen LogP) is 0.619. The van der Waals surface area contributed by atoms with Crippen molar-refractivity contribution >= 4 is 27.4 Å². The second-order valence-corrected chi connectivity index (χ2v) is 5.29. The van der Waals surface area contributed by atoms with Gasteiger partial charge in [0.05, 0.1) is 0 Å². The minimum Gasteiger partial charge on any atom is -0.328 e. The van der Waals surface area contributed by atoms with Crippen molar-refractivity contribution in [3.63, 3.8) is 0 Å². The van der Waals surface area contributed by atoms with E-state index in [1.165, 1.54) is 12.1 Å². The molecular formula is C9H7ClN4O3S. The van der Waals surface area contributed by atoms with Gasteiger partial charge in [-0.25, -0.2) is 18.4 Å². The fourth-order valence-electron chi connectivity index (χ4n) is 1.15. The van der Waals surface area contributed by atoms with Crippen LogP contribution in [0.3, 0.4) is 0 Å². The second kappa shape index (κ2) is 4.75. The summed E-state index contributed by atoms with van der Waals surface area (Å²) >= 11 is 5.61. The van der Waals surface area contributed by atoms with Gasteiger partial charge < -0.3 is 4.98 Å². The van der Waals surface area contributed by atoms with E-state index in [0.717, 1.165) is 18.6 Å². The van der Waals surface area contributed by atoms with E-state index in [0.29, 0.717) is 0 Å². The summed E-state index contributed by atoms with van der Waals surface area (Å²) in [5.41, 5.74) is -0.390. The average molecular weight is 287 g/mol. The van der Waals surface area contributed by atoms with E-state index in [1.807, 2.05) is 0 Å². The Bertz CT molecular complexity index is 708. The van der Waals surface area contributed by atoms with Crippen LogP contribution in [0.15, 0.2) is 40.4 Å². The number of halogens is 1. The fraction of sp³-hybridized carbons (Fsp3) is 0. The first kappa shape index (κ1) is 12.5. The summed E-state index contributed by atoms with van der Waals surface area (Å²) in [6.07, 6.45) is 2.22. The monoisotopic (exact) mass is 286 g/mol. The Balaban J connectivity index is 2.33. The Morgan fingerprint density at radius 3 is 2.67 bits per heavy atom. The number of rotatable bonds is 3. The van der Waals surface area contributed by atoms with Crippen molar-refractivity contribution in [2.75, 3.05) is 4.72 Å². The number of aromatic amines is 1. The zero-order valence-electron chi connectivity index (χ0n) is 8.79. The van der Waals surface area contributed by atoms with Crippen LogP contribution in [0.25, 0.3) is 0 Å². The van der Waals surface area contributed by atoms with Crippen LogP contribution < -0.4 is 10.3 Å². The zero-order valence-corrected chi connectivity index (χ0v) is 10.4. The highest BCUT2D eigenvalue weighted by molar-refractivity contribution is 7.92. The van der Waals surface area contributed by atoms with Crippen LogP contribution in [0.4, 0.5) is 5.82 Å². The molecule has 9 heteroatoms. The van der Waals surface area contributed by atoms with Crippen molar-refractivity contribution in [3.05, 3.63) is 46.2 Å². The summed E-state index contributed by atoms with van der Waals surface area (Å²) in [7, 11) is -3.82. The van der Waals surface area contributed by atoms with Gasteiger partial charge in [0.25, 0.3) is 10.0 Å². The molecule has 0 aliphatic rings. The normalized spacial score (nSPS) is 11.2. The van der Waals surface area contributed by atoms with Gasteiger partial charge in [0.1, 0.15) is 22.2 Å². The molecule has 2 aromatic rings. The lowest BCUT2D eigenvalue weighted by atomic mass is 10.5. The van der Waals surface area contributed by atoms with E-state index in [1.54, 1.807) is 0 Å². The molecule has 94 valence electrons. The van der Waals surface area contributed by atoms with Crippen molar-refractivity contribution in [3.8, 4) is 0 Å². The van der Waals surface area contributed by atoms with Gasteiger partial charge in [-0.15, -0.1) is 0 Å². The van der Waals surface area contributed by atoms with Crippen molar-refractivity contribution in [2.24, 2.45) is 0 Å². The summed E-state index contributed by atoms with van der Waals surface area (Å²) in [4.78, 5) is 20.4. The summed E-state index contributed by atoms with van der Waals surface area (Å²) in [5, 5.41) is 0.115. The van der Waals surface area contributed by atoms with Crippen molar-refractivity contribution < 1.29 is 8.42 Å². The van der Waals surface area contributed by atoms with Crippen LogP contribution >= 0.6 is 11.6 Å². The molecule has 0 spiro atoms. The number of nitrogens with zero attached hydrogens (tertiary/aromatic N) is 2. The molecule has 0 unspecified atom stereocenters. The number of H-pyrrole nitrogens is 1. The van der Waals surface area contributed by atoms with E-state index in [9.17, 15) is 13.2 Å². The zero-order chi connectivity index (χ0) is 13.2. The number of hydrogen-bond donors (Lipinski definition) is 2. The first-order valence-corrected chi connectivity index (χ1v) is 6.52. The lowest BCUT2D eigenvalue weighted by Crippen LogP contribution is -2.16. The maximum Gasteiger partial charge on any atom is 0.264 e. The Morgan fingerprint density at radius 1 is 1.28 bits per heavy atom. The molecule has 0 aromatic carbocycles. The van der Waals surface area contributed by atoms with Gasteiger partial charge in [0.2, 0.25) is 5.56 Å². The molecule has 18 heavy (non-hydrogen) atoms. The number of nitrogens with one attached hydrogen (secondary N) is 2. The van der Waals surface area contributed by atoms with Gasteiger partial charge in [-0.05, 0) is 6.07 Å². The lowest BCUT2D eigenvalue weighted by Gasteiger charge is -2.06. The van der Waals surface area contributed by atoms with E-state index in [2.05, 4.69) is 19.7 Å². The summed E-state index contributed by atoms with van der Waals surface area (Å²) in [6, 6.07) is 3.57. The van der Waals surface area contributed by atoms with Crippen LogP contribution in [0.1, 0.15) is 0 Å².